The fraction of sp³-hybridized carbons (Fsp3) is 0.548. The molecule has 0 aliphatic heterocycles. The second kappa shape index (κ2) is 18.7. The summed E-state index contributed by atoms with van der Waals surface area (Å²) in [6, 6.07) is 15.0. The van der Waals surface area contributed by atoms with E-state index in [-0.39, 0.29) is 10.6 Å². The lowest BCUT2D eigenvalue weighted by molar-refractivity contribution is -0.384. The molecule has 2 aromatic carbocycles. The molecule has 0 spiro atoms. The van der Waals surface area contributed by atoms with Gasteiger partial charge in [0.05, 0.1) is 4.92 Å². The summed E-state index contributed by atoms with van der Waals surface area (Å²) < 4.78 is 0. The van der Waals surface area contributed by atoms with E-state index in [0.29, 0.717) is 0 Å². The number of anilines is 1. The standard InChI is InChI=1S/C31H46N2O2/c1-2-3-4-5-6-7-8-9-10-11-12-13-14-15-16-27-32-30-23-19-28(20-24-30)17-18-29-21-25-31(26-22-29)33(34)35/h17-26,32H,2-16,27H2,1H3. The van der Waals surface area contributed by atoms with Crippen molar-refractivity contribution in [2.24, 2.45) is 0 Å². The zero-order valence-electron chi connectivity index (χ0n) is 21.9. The molecular weight excluding hydrogens is 432 g/mol. The molecule has 0 saturated carbocycles. The van der Waals surface area contributed by atoms with E-state index in [0.717, 1.165) is 23.4 Å². The highest BCUT2D eigenvalue weighted by Crippen LogP contribution is 2.17. The van der Waals surface area contributed by atoms with Gasteiger partial charge in [-0.3, -0.25) is 10.1 Å². The minimum Gasteiger partial charge on any atom is -0.385 e. The Morgan fingerprint density at radius 3 is 1.46 bits per heavy atom. The Morgan fingerprint density at radius 2 is 1.03 bits per heavy atom. The number of hydrogen-bond acceptors (Lipinski definition) is 3. The monoisotopic (exact) mass is 478 g/mol. The lowest BCUT2D eigenvalue weighted by atomic mass is 10.0. The average molecular weight is 479 g/mol. The summed E-state index contributed by atoms with van der Waals surface area (Å²) in [5.41, 5.74) is 3.33. The largest absolute Gasteiger partial charge is 0.385 e. The topological polar surface area (TPSA) is 55.2 Å². The van der Waals surface area contributed by atoms with E-state index in [4.69, 9.17) is 0 Å². The van der Waals surface area contributed by atoms with Crippen LogP contribution in [0.5, 0.6) is 0 Å². The molecule has 1 N–H and O–H groups in total. The van der Waals surface area contributed by atoms with E-state index in [1.54, 1.807) is 12.1 Å². The van der Waals surface area contributed by atoms with Gasteiger partial charge in [-0.2, -0.15) is 0 Å². The molecule has 35 heavy (non-hydrogen) atoms. The van der Waals surface area contributed by atoms with Crippen molar-refractivity contribution < 1.29 is 4.92 Å². The lowest BCUT2D eigenvalue weighted by Crippen LogP contribution is -2.01. The van der Waals surface area contributed by atoms with Crippen LogP contribution in [0.15, 0.2) is 48.5 Å². The minimum absolute atomic E-state index is 0.117. The number of benzene rings is 2. The Labute approximate surface area is 213 Å². The van der Waals surface area contributed by atoms with Crippen molar-refractivity contribution >= 4 is 23.5 Å². The summed E-state index contributed by atoms with van der Waals surface area (Å²) in [6.45, 7) is 3.31. The number of nitrogens with zero attached hydrogens (tertiary/aromatic N) is 1. The van der Waals surface area contributed by atoms with Gasteiger partial charge in [0.2, 0.25) is 0 Å². The highest BCUT2D eigenvalue weighted by Gasteiger charge is 2.02. The van der Waals surface area contributed by atoms with Crippen LogP contribution in [-0.4, -0.2) is 11.5 Å². The van der Waals surface area contributed by atoms with Gasteiger partial charge in [-0.05, 0) is 41.8 Å². The van der Waals surface area contributed by atoms with Crippen LogP contribution < -0.4 is 5.32 Å². The van der Waals surface area contributed by atoms with Crippen molar-refractivity contribution in [1.82, 2.24) is 0 Å². The van der Waals surface area contributed by atoms with E-state index >= 15 is 0 Å². The maximum Gasteiger partial charge on any atom is 0.269 e. The van der Waals surface area contributed by atoms with E-state index in [1.165, 1.54) is 108 Å². The second-order valence-electron chi connectivity index (χ2n) is 9.68. The van der Waals surface area contributed by atoms with Gasteiger partial charge in [-0.15, -0.1) is 0 Å². The van der Waals surface area contributed by atoms with Gasteiger partial charge in [-0.1, -0.05) is 121 Å². The average Bonchev–Trinajstić information content (AvgIpc) is 2.88. The van der Waals surface area contributed by atoms with Crippen LogP contribution in [0, 0.1) is 10.1 Å². The summed E-state index contributed by atoms with van der Waals surface area (Å²) >= 11 is 0. The highest BCUT2D eigenvalue weighted by molar-refractivity contribution is 5.70. The number of nitro groups is 1. The molecule has 2 rings (SSSR count). The molecule has 0 fully saturated rings. The number of non-ortho nitro benzene ring substituents is 1. The molecule has 0 heterocycles. The van der Waals surface area contributed by atoms with E-state index < -0.39 is 0 Å². The smallest absolute Gasteiger partial charge is 0.269 e. The molecule has 0 aliphatic carbocycles. The third-order valence-electron chi connectivity index (χ3n) is 6.59. The predicted molar refractivity (Wildman–Crippen MR) is 152 cm³/mol. The third-order valence-corrected chi connectivity index (χ3v) is 6.59. The molecule has 0 amide bonds. The van der Waals surface area contributed by atoms with Gasteiger partial charge in [-0.25, -0.2) is 0 Å². The van der Waals surface area contributed by atoms with Crippen LogP contribution in [0.3, 0.4) is 0 Å². The molecule has 4 nitrogen and oxygen atoms in total. The summed E-state index contributed by atoms with van der Waals surface area (Å²) in [7, 11) is 0. The first-order valence-electron chi connectivity index (χ1n) is 14.0. The van der Waals surface area contributed by atoms with Gasteiger partial charge >= 0.3 is 0 Å². The van der Waals surface area contributed by atoms with Crippen LogP contribution in [-0.2, 0) is 0 Å². The van der Waals surface area contributed by atoms with Crippen molar-refractivity contribution in [3.8, 4) is 0 Å². The van der Waals surface area contributed by atoms with Crippen LogP contribution in [0.4, 0.5) is 11.4 Å². The third kappa shape index (κ3) is 13.8. The summed E-state index contributed by atoms with van der Waals surface area (Å²) in [4.78, 5) is 10.4. The summed E-state index contributed by atoms with van der Waals surface area (Å²) in [5.74, 6) is 0. The second-order valence-corrected chi connectivity index (χ2v) is 9.68. The number of nitrogens with one attached hydrogen (secondary N) is 1. The van der Waals surface area contributed by atoms with Crippen LogP contribution in [0.1, 0.15) is 114 Å². The minimum atomic E-state index is -0.376. The Balaban J connectivity index is 1.45. The number of nitro benzene ring substituents is 1. The molecule has 0 radical (unpaired) electrons. The summed E-state index contributed by atoms with van der Waals surface area (Å²) in [6.07, 6.45) is 24.9. The maximum atomic E-state index is 10.7. The summed E-state index contributed by atoms with van der Waals surface area (Å²) in [5, 5.41) is 14.3. The van der Waals surface area contributed by atoms with Crippen LogP contribution in [0.2, 0.25) is 0 Å². The molecule has 0 unspecified atom stereocenters. The van der Waals surface area contributed by atoms with Gasteiger partial charge < -0.3 is 5.32 Å². The molecule has 0 bridgehead atoms. The van der Waals surface area contributed by atoms with Gasteiger partial charge in [0.25, 0.3) is 5.69 Å². The Morgan fingerprint density at radius 1 is 0.629 bits per heavy atom. The molecule has 0 atom stereocenters. The zero-order chi connectivity index (χ0) is 25.0. The quantitative estimate of drug-likeness (QED) is 0.0891. The Bertz CT molecular complexity index is 828. The van der Waals surface area contributed by atoms with E-state index in [9.17, 15) is 10.1 Å². The molecule has 0 aliphatic rings. The van der Waals surface area contributed by atoms with Crippen LogP contribution >= 0.6 is 0 Å². The normalized spacial score (nSPS) is 11.2. The fourth-order valence-electron chi connectivity index (χ4n) is 4.34. The first kappa shape index (κ1) is 28.6. The molecule has 0 aromatic heterocycles. The van der Waals surface area contributed by atoms with Gasteiger partial charge in [0.1, 0.15) is 0 Å². The molecular formula is C31H46N2O2. The zero-order valence-corrected chi connectivity index (χ0v) is 21.9. The van der Waals surface area contributed by atoms with E-state index in [2.05, 4.69) is 36.5 Å². The SMILES string of the molecule is CCCCCCCCCCCCCCCCCNc1ccc(C=Cc2ccc([N+](=O)[O-])cc2)cc1. The van der Waals surface area contributed by atoms with Crippen molar-refractivity contribution in [3.63, 3.8) is 0 Å². The van der Waals surface area contributed by atoms with Crippen LogP contribution in [0.25, 0.3) is 12.2 Å². The molecule has 2 aromatic rings. The molecule has 0 saturated heterocycles. The number of unbranched alkanes of at least 4 members (excludes halogenated alkanes) is 14. The Kier molecular flexibility index (Phi) is 15.3. The first-order valence-corrected chi connectivity index (χ1v) is 14.0. The van der Waals surface area contributed by atoms with Gasteiger partial charge in [0, 0.05) is 24.4 Å². The lowest BCUT2D eigenvalue weighted by Gasteiger charge is -2.07. The molecule has 192 valence electrons. The maximum absolute atomic E-state index is 10.7. The van der Waals surface area contributed by atoms with Gasteiger partial charge in [0.15, 0.2) is 0 Å². The highest BCUT2D eigenvalue weighted by atomic mass is 16.6. The number of hydrogen-bond donors (Lipinski definition) is 1. The van der Waals surface area contributed by atoms with Crippen molar-refractivity contribution in [2.75, 3.05) is 11.9 Å². The Hall–Kier alpha value is -2.62. The fourth-order valence-corrected chi connectivity index (χ4v) is 4.34. The van der Waals surface area contributed by atoms with E-state index in [1.807, 2.05) is 12.2 Å². The first-order chi connectivity index (χ1) is 17.2. The van der Waals surface area contributed by atoms with Crippen molar-refractivity contribution in [2.45, 2.75) is 103 Å². The van der Waals surface area contributed by atoms with Crippen molar-refractivity contribution in [3.05, 3.63) is 69.8 Å². The molecule has 4 heteroatoms. The van der Waals surface area contributed by atoms with Crippen molar-refractivity contribution in [1.29, 1.82) is 0 Å². The predicted octanol–water partition coefficient (Wildman–Crippen LogP) is 10.0. The number of rotatable bonds is 20.